The van der Waals surface area contributed by atoms with Crippen LogP contribution in [0.2, 0.25) is 0 Å². The van der Waals surface area contributed by atoms with Crippen LogP contribution in [-0.2, 0) is 0 Å². The second-order valence-corrected chi connectivity index (χ2v) is 3.06. The lowest BCUT2D eigenvalue weighted by Gasteiger charge is -2.02. The molecule has 0 atom stereocenters. The van der Waals surface area contributed by atoms with E-state index in [1.54, 1.807) is 25.3 Å². The van der Waals surface area contributed by atoms with Crippen molar-refractivity contribution >= 4 is 0 Å². The van der Waals surface area contributed by atoms with E-state index < -0.39 is 0 Å². The number of halogens is 1. The molecule has 5 heteroatoms. The Morgan fingerprint density at radius 1 is 1.47 bits per heavy atom. The van der Waals surface area contributed by atoms with Gasteiger partial charge in [-0.25, -0.2) is 14.1 Å². The maximum absolute atomic E-state index is 13.1. The molecule has 2 aromatic heterocycles. The molecule has 0 fully saturated rings. The Labute approximate surface area is 86.3 Å². The molecule has 0 aliphatic carbocycles. The predicted octanol–water partition coefficient (Wildman–Crippen LogP) is 1.72. The number of hydrogen-bond acceptors (Lipinski definition) is 3. The second kappa shape index (κ2) is 3.68. The minimum Gasteiger partial charge on any atom is -0.481 e. The van der Waals surface area contributed by atoms with E-state index in [4.69, 9.17) is 4.74 Å². The summed E-state index contributed by atoms with van der Waals surface area (Å²) in [7, 11) is 1.53. The Morgan fingerprint density at radius 2 is 2.27 bits per heavy atom. The highest BCUT2D eigenvalue weighted by atomic mass is 19.1. The number of methoxy groups -OCH3 is 1. The van der Waals surface area contributed by atoms with Crippen LogP contribution in [-0.4, -0.2) is 21.9 Å². The van der Waals surface area contributed by atoms with Gasteiger partial charge >= 0.3 is 0 Å². The zero-order valence-corrected chi connectivity index (χ0v) is 8.44. The van der Waals surface area contributed by atoms with Crippen molar-refractivity contribution in [2.24, 2.45) is 0 Å². The van der Waals surface area contributed by atoms with Gasteiger partial charge in [-0.15, -0.1) is 0 Å². The van der Waals surface area contributed by atoms with E-state index in [1.165, 1.54) is 18.0 Å². The summed E-state index contributed by atoms with van der Waals surface area (Å²) in [6.45, 7) is 1.62. The van der Waals surface area contributed by atoms with Crippen molar-refractivity contribution in [1.82, 2.24) is 14.8 Å². The SMILES string of the molecule is COc1cc(-n2cc(F)c(C)n2)ccn1. The molecule has 0 bridgehead atoms. The summed E-state index contributed by atoms with van der Waals surface area (Å²) in [5, 5.41) is 4.01. The van der Waals surface area contributed by atoms with Crippen LogP contribution in [0.5, 0.6) is 5.88 Å². The second-order valence-electron chi connectivity index (χ2n) is 3.06. The Kier molecular flexibility index (Phi) is 2.37. The molecule has 2 heterocycles. The lowest BCUT2D eigenvalue weighted by Crippen LogP contribution is -1.96. The molecule has 0 aliphatic rings. The standard InChI is InChI=1S/C10H10FN3O/c1-7-9(11)6-14(13-7)8-3-4-12-10(5-8)15-2/h3-6H,1-2H3. The molecule has 78 valence electrons. The van der Waals surface area contributed by atoms with Crippen molar-refractivity contribution in [2.45, 2.75) is 6.92 Å². The topological polar surface area (TPSA) is 39.9 Å². The Balaban J connectivity index is 2.44. The molecule has 0 saturated carbocycles. The maximum Gasteiger partial charge on any atom is 0.215 e. The quantitative estimate of drug-likeness (QED) is 0.752. The highest BCUT2D eigenvalue weighted by molar-refractivity contribution is 5.34. The largest absolute Gasteiger partial charge is 0.481 e. The van der Waals surface area contributed by atoms with Gasteiger partial charge in [0.15, 0.2) is 5.82 Å². The summed E-state index contributed by atoms with van der Waals surface area (Å²) in [4.78, 5) is 3.96. The maximum atomic E-state index is 13.1. The Morgan fingerprint density at radius 3 is 2.87 bits per heavy atom. The van der Waals surface area contributed by atoms with Crippen LogP contribution >= 0.6 is 0 Å². The Hall–Kier alpha value is -1.91. The predicted molar refractivity (Wildman–Crippen MR) is 52.6 cm³/mol. The third-order valence-corrected chi connectivity index (χ3v) is 2.03. The van der Waals surface area contributed by atoms with Crippen LogP contribution in [0.25, 0.3) is 5.69 Å². The fraction of sp³-hybridized carbons (Fsp3) is 0.200. The average Bonchev–Trinajstić information content (AvgIpc) is 2.59. The molecule has 0 aromatic carbocycles. The molecular weight excluding hydrogens is 197 g/mol. The average molecular weight is 207 g/mol. The van der Waals surface area contributed by atoms with Gasteiger partial charge in [-0.2, -0.15) is 5.10 Å². The summed E-state index contributed by atoms with van der Waals surface area (Å²) in [6.07, 6.45) is 2.91. The highest BCUT2D eigenvalue weighted by Gasteiger charge is 2.05. The number of rotatable bonds is 2. The third-order valence-electron chi connectivity index (χ3n) is 2.03. The molecule has 4 nitrogen and oxygen atoms in total. The lowest BCUT2D eigenvalue weighted by molar-refractivity contribution is 0.397. The highest BCUT2D eigenvalue weighted by Crippen LogP contribution is 2.14. The van der Waals surface area contributed by atoms with Gasteiger partial charge in [-0.1, -0.05) is 0 Å². The zero-order chi connectivity index (χ0) is 10.8. The van der Waals surface area contributed by atoms with Crippen molar-refractivity contribution in [3.05, 3.63) is 36.0 Å². The van der Waals surface area contributed by atoms with Gasteiger partial charge in [-0.3, -0.25) is 0 Å². The first-order valence-corrected chi connectivity index (χ1v) is 4.43. The minimum atomic E-state index is -0.328. The summed E-state index contributed by atoms with van der Waals surface area (Å²) in [6, 6.07) is 3.42. The smallest absolute Gasteiger partial charge is 0.215 e. The fourth-order valence-electron chi connectivity index (χ4n) is 1.22. The molecule has 0 aliphatic heterocycles. The van der Waals surface area contributed by atoms with E-state index in [2.05, 4.69) is 10.1 Å². The van der Waals surface area contributed by atoms with Crippen LogP contribution in [0.3, 0.4) is 0 Å². The molecule has 2 aromatic rings. The van der Waals surface area contributed by atoms with Crippen LogP contribution in [0, 0.1) is 12.7 Å². The molecule has 0 spiro atoms. The monoisotopic (exact) mass is 207 g/mol. The van der Waals surface area contributed by atoms with Gasteiger partial charge in [0.05, 0.1) is 24.7 Å². The van der Waals surface area contributed by atoms with Crippen molar-refractivity contribution in [1.29, 1.82) is 0 Å². The zero-order valence-electron chi connectivity index (χ0n) is 8.44. The van der Waals surface area contributed by atoms with E-state index >= 15 is 0 Å². The minimum absolute atomic E-state index is 0.328. The summed E-state index contributed by atoms with van der Waals surface area (Å²) >= 11 is 0. The Bertz CT molecular complexity index is 462. The van der Waals surface area contributed by atoms with Crippen LogP contribution in [0.1, 0.15) is 5.69 Å². The van der Waals surface area contributed by atoms with Crippen molar-refractivity contribution < 1.29 is 9.13 Å². The van der Waals surface area contributed by atoms with Gasteiger partial charge in [0.2, 0.25) is 5.88 Å². The number of ether oxygens (including phenoxy) is 1. The summed E-state index contributed by atoms with van der Waals surface area (Å²) in [5.74, 6) is 0.145. The molecule has 2 rings (SSSR count). The molecule has 0 amide bonds. The molecule has 15 heavy (non-hydrogen) atoms. The van der Waals surface area contributed by atoms with Crippen LogP contribution < -0.4 is 4.74 Å². The van der Waals surface area contributed by atoms with E-state index in [1.807, 2.05) is 0 Å². The molecule has 0 unspecified atom stereocenters. The fourth-order valence-corrected chi connectivity index (χ4v) is 1.22. The number of aromatic nitrogens is 3. The van der Waals surface area contributed by atoms with E-state index in [0.29, 0.717) is 17.3 Å². The number of nitrogens with zero attached hydrogens (tertiary/aromatic N) is 3. The van der Waals surface area contributed by atoms with Crippen LogP contribution in [0.15, 0.2) is 24.5 Å². The summed E-state index contributed by atoms with van der Waals surface area (Å²) in [5.41, 5.74) is 1.08. The van der Waals surface area contributed by atoms with Gasteiger partial charge in [0.25, 0.3) is 0 Å². The van der Waals surface area contributed by atoms with E-state index in [9.17, 15) is 4.39 Å². The van der Waals surface area contributed by atoms with Gasteiger partial charge in [-0.05, 0) is 13.0 Å². The number of pyridine rings is 1. The van der Waals surface area contributed by atoms with Crippen molar-refractivity contribution in [3.63, 3.8) is 0 Å². The lowest BCUT2D eigenvalue weighted by atomic mass is 10.4. The molecular formula is C10H10FN3O. The van der Waals surface area contributed by atoms with Gasteiger partial charge < -0.3 is 4.74 Å². The first-order chi connectivity index (χ1) is 7.20. The normalized spacial score (nSPS) is 10.3. The number of hydrogen-bond donors (Lipinski definition) is 0. The van der Waals surface area contributed by atoms with E-state index in [0.717, 1.165) is 0 Å². The summed E-state index contributed by atoms with van der Waals surface area (Å²) < 4.78 is 19.5. The van der Waals surface area contributed by atoms with Crippen molar-refractivity contribution in [2.75, 3.05) is 7.11 Å². The first kappa shape index (κ1) is 9.64. The molecule has 0 radical (unpaired) electrons. The molecule has 0 saturated heterocycles. The van der Waals surface area contributed by atoms with Crippen molar-refractivity contribution in [3.8, 4) is 11.6 Å². The van der Waals surface area contributed by atoms with E-state index in [-0.39, 0.29) is 5.82 Å². The van der Waals surface area contributed by atoms with Gasteiger partial charge in [0.1, 0.15) is 0 Å². The van der Waals surface area contributed by atoms with Gasteiger partial charge in [0, 0.05) is 12.3 Å². The third kappa shape index (κ3) is 1.81. The number of aryl methyl sites for hydroxylation is 1. The molecule has 0 N–H and O–H groups in total. The van der Waals surface area contributed by atoms with Crippen LogP contribution in [0.4, 0.5) is 4.39 Å². The first-order valence-electron chi connectivity index (χ1n) is 4.43.